The van der Waals surface area contributed by atoms with Crippen LogP contribution in [0.4, 0.5) is 0 Å². The summed E-state index contributed by atoms with van der Waals surface area (Å²) in [6, 6.07) is 0. The highest BCUT2D eigenvalue weighted by molar-refractivity contribution is 9.11. The summed E-state index contributed by atoms with van der Waals surface area (Å²) in [7, 11) is 0. The average molecular weight is 232 g/mol. The zero-order valence-corrected chi connectivity index (χ0v) is 9.65. The molecule has 1 saturated heterocycles. The molecule has 1 fully saturated rings. The molecule has 1 heterocycles. The minimum atomic E-state index is 0.501. The van der Waals surface area contributed by atoms with Crippen LogP contribution in [-0.4, -0.2) is 24.5 Å². The van der Waals surface area contributed by atoms with Crippen molar-refractivity contribution in [1.29, 1.82) is 0 Å². The Kier molecular flexibility index (Phi) is 3.36. The lowest BCUT2D eigenvalue weighted by Gasteiger charge is -2.37. The summed E-state index contributed by atoms with van der Waals surface area (Å²) >= 11 is 3.41. The molecule has 1 aliphatic heterocycles. The maximum atomic E-state index is 3.87. The molecule has 0 atom stereocenters. The molecule has 0 aromatic carbocycles. The van der Waals surface area contributed by atoms with Crippen LogP contribution in [0.2, 0.25) is 0 Å². The zero-order chi connectivity index (χ0) is 9.19. The van der Waals surface area contributed by atoms with E-state index in [1.54, 1.807) is 0 Å². The summed E-state index contributed by atoms with van der Waals surface area (Å²) in [5.74, 6) is 0. The summed E-state index contributed by atoms with van der Waals surface area (Å²) in [4.78, 5) is 2.47. The summed E-state index contributed by atoms with van der Waals surface area (Å²) < 4.78 is 1.10. The van der Waals surface area contributed by atoms with Crippen molar-refractivity contribution in [2.75, 3.05) is 19.6 Å². The van der Waals surface area contributed by atoms with Gasteiger partial charge in [-0.2, -0.15) is 0 Å². The number of halogens is 1. The highest BCUT2D eigenvalue weighted by Gasteiger charge is 2.25. The van der Waals surface area contributed by atoms with E-state index in [4.69, 9.17) is 0 Å². The van der Waals surface area contributed by atoms with Crippen molar-refractivity contribution >= 4 is 15.9 Å². The van der Waals surface area contributed by atoms with E-state index in [-0.39, 0.29) is 0 Å². The van der Waals surface area contributed by atoms with Crippen molar-refractivity contribution in [1.82, 2.24) is 4.90 Å². The van der Waals surface area contributed by atoms with Crippen molar-refractivity contribution in [2.45, 2.75) is 26.7 Å². The van der Waals surface area contributed by atoms with Gasteiger partial charge in [0.15, 0.2) is 0 Å². The van der Waals surface area contributed by atoms with Crippen LogP contribution < -0.4 is 0 Å². The van der Waals surface area contributed by atoms with E-state index in [2.05, 4.69) is 41.3 Å². The third kappa shape index (κ3) is 3.28. The van der Waals surface area contributed by atoms with Gasteiger partial charge in [0.05, 0.1) is 0 Å². The first kappa shape index (κ1) is 10.3. The highest BCUT2D eigenvalue weighted by atomic mass is 79.9. The number of likely N-dealkylation sites (tertiary alicyclic amines) is 1. The van der Waals surface area contributed by atoms with Gasteiger partial charge in [0.1, 0.15) is 0 Å². The Morgan fingerprint density at radius 1 is 1.58 bits per heavy atom. The van der Waals surface area contributed by atoms with Crippen LogP contribution in [0.3, 0.4) is 0 Å². The molecule has 0 unspecified atom stereocenters. The van der Waals surface area contributed by atoms with E-state index in [9.17, 15) is 0 Å². The first-order valence-electron chi connectivity index (χ1n) is 4.55. The van der Waals surface area contributed by atoms with E-state index >= 15 is 0 Å². The molecule has 0 N–H and O–H groups in total. The molecule has 0 aliphatic carbocycles. The summed E-state index contributed by atoms with van der Waals surface area (Å²) in [5, 5.41) is 0. The molecular weight excluding hydrogens is 214 g/mol. The van der Waals surface area contributed by atoms with Crippen LogP contribution in [0.25, 0.3) is 0 Å². The molecular formula is C10H18BrN. The lowest BCUT2D eigenvalue weighted by molar-refractivity contribution is 0.129. The molecule has 0 saturated carbocycles. The predicted molar refractivity (Wildman–Crippen MR) is 57.5 cm³/mol. The first-order valence-corrected chi connectivity index (χ1v) is 5.34. The van der Waals surface area contributed by atoms with Gasteiger partial charge in [0.2, 0.25) is 0 Å². The van der Waals surface area contributed by atoms with E-state index in [0.29, 0.717) is 5.41 Å². The van der Waals surface area contributed by atoms with Gasteiger partial charge in [-0.3, -0.25) is 4.90 Å². The van der Waals surface area contributed by atoms with Gasteiger partial charge in [-0.1, -0.05) is 36.4 Å². The van der Waals surface area contributed by atoms with Crippen LogP contribution in [0, 0.1) is 5.41 Å². The number of hydrogen-bond acceptors (Lipinski definition) is 1. The Labute approximate surface area is 84.0 Å². The van der Waals surface area contributed by atoms with Gasteiger partial charge in [-0.05, 0) is 24.8 Å². The fraction of sp³-hybridized carbons (Fsp3) is 0.800. The Morgan fingerprint density at radius 2 is 2.25 bits per heavy atom. The van der Waals surface area contributed by atoms with Crippen LogP contribution >= 0.6 is 15.9 Å². The van der Waals surface area contributed by atoms with Gasteiger partial charge >= 0.3 is 0 Å². The molecule has 1 aliphatic rings. The van der Waals surface area contributed by atoms with E-state index in [0.717, 1.165) is 11.0 Å². The highest BCUT2D eigenvalue weighted by Crippen LogP contribution is 2.28. The lowest BCUT2D eigenvalue weighted by atomic mass is 9.84. The van der Waals surface area contributed by atoms with Crippen molar-refractivity contribution in [3.05, 3.63) is 11.1 Å². The minimum absolute atomic E-state index is 0.501. The maximum Gasteiger partial charge on any atom is 0.0294 e. The van der Waals surface area contributed by atoms with Crippen LogP contribution in [0.15, 0.2) is 11.1 Å². The Morgan fingerprint density at radius 3 is 2.75 bits per heavy atom. The SMILES string of the molecule is C=C(Br)CN1CCCC(C)(C)C1. The molecule has 12 heavy (non-hydrogen) atoms. The molecule has 0 amide bonds. The lowest BCUT2D eigenvalue weighted by Crippen LogP contribution is -2.40. The van der Waals surface area contributed by atoms with Gasteiger partial charge in [0.25, 0.3) is 0 Å². The van der Waals surface area contributed by atoms with Gasteiger partial charge in [0, 0.05) is 17.6 Å². The molecule has 1 rings (SSSR count). The molecule has 70 valence electrons. The van der Waals surface area contributed by atoms with Gasteiger partial charge in [-0.15, -0.1) is 0 Å². The third-order valence-electron chi connectivity index (χ3n) is 2.37. The number of piperidine rings is 1. The predicted octanol–water partition coefficient (Wildman–Crippen LogP) is 3.02. The van der Waals surface area contributed by atoms with E-state index < -0.39 is 0 Å². The van der Waals surface area contributed by atoms with Crippen molar-refractivity contribution < 1.29 is 0 Å². The summed E-state index contributed by atoms with van der Waals surface area (Å²) in [5.41, 5.74) is 0.501. The minimum Gasteiger partial charge on any atom is -0.298 e. The topological polar surface area (TPSA) is 3.24 Å². The first-order chi connectivity index (χ1) is 5.49. The average Bonchev–Trinajstić information content (AvgIpc) is 1.82. The normalized spacial score (nSPS) is 23.9. The van der Waals surface area contributed by atoms with E-state index in [1.807, 2.05) is 0 Å². The Balaban J connectivity index is 2.41. The number of nitrogens with zero attached hydrogens (tertiary/aromatic N) is 1. The summed E-state index contributed by atoms with van der Waals surface area (Å²) in [6.45, 7) is 12.0. The second-order valence-electron chi connectivity index (χ2n) is 4.50. The molecule has 0 aromatic rings. The quantitative estimate of drug-likeness (QED) is 0.707. The van der Waals surface area contributed by atoms with Crippen molar-refractivity contribution in [2.24, 2.45) is 5.41 Å². The number of rotatable bonds is 2. The molecule has 0 radical (unpaired) electrons. The molecule has 1 nitrogen and oxygen atoms in total. The van der Waals surface area contributed by atoms with Crippen molar-refractivity contribution in [3.8, 4) is 0 Å². The summed E-state index contributed by atoms with van der Waals surface area (Å²) in [6.07, 6.45) is 2.69. The van der Waals surface area contributed by atoms with Gasteiger partial charge in [-0.25, -0.2) is 0 Å². The Bertz CT molecular complexity index is 175. The fourth-order valence-electron chi connectivity index (χ4n) is 1.92. The standard InChI is InChI=1S/C10H18BrN/c1-9(11)7-12-6-4-5-10(2,3)8-12/h1,4-8H2,2-3H3. The van der Waals surface area contributed by atoms with E-state index in [1.165, 1.54) is 25.9 Å². The smallest absolute Gasteiger partial charge is 0.0294 e. The van der Waals surface area contributed by atoms with Crippen LogP contribution in [0.1, 0.15) is 26.7 Å². The Hall–Kier alpha value is 0.180. The zero-order valence-electron chi connectivity index (χ0n) is 8.07. The molecule has 0 spiro atoms. The second kappa shape index (κ2) is 3.93. The monoisotopic (exact) mass is 231 g/mol. The largest absolute Gasteiger partial charge is 0.298 e. The fourth-order valence-corrected chi connectivity index (χ4v) is 2.28. The second-order valence-corrected chi connectivity index (χ2v) is 5.62. The molecule has 2 heteroatoms. The third-order valence-corrected chi connectivity index (χ3v) is 2.63. The van der Waals surface area contributed by atoms with Crippen molar-refractivity contribution in [3.63, 3.8) is 0 Å². The van der Waals surface area contributed by atoms with Crippen LogP contribution in [-0.2, 0) is 0 Å². The number of hydrogen-bond donors (Lipinski definition) is 0. The maximum absolute atomic E-state index is 3.87. The molecule has 0 aromatic heterocycles. The van der Waals surface area contributed by atoms with Gasteiger partial charge < -0.3 is 0 Å². The van der Waals surface area contributed by atoms with Crippen LogP contribution in [0.5, 0.6) is 0 Å². The molecule has 0 bridgehead atoms.